The number of hydrogen-bond donors (Lipinski definition) is 2. The molecule has 0 unspecified atom stereocenters. The monoisotopic (exact) mass is 404 g/mol. The van der Waals surface area contributed by atoms with Gasteiger partial charge in [0.15, 0.2) is 0 Å². The lowest BCUT2D eigenvalue weighted by Crippen LogP contribution is -2.34. The van der Waals surface area contributed by atoms with Crippen molar-refractivity contribution in [1.82, 2.24) is 20.6 Å². The van der Waals surface area contributed by atoms with E-state index in [0.717, 1.165) is 16.9 Å². The highest BCUT2D eigenvalue weighted by molar-refractivity contribution is 5.97. The van der Waals surface area contributed by atoms with Crippen LogP contribution in [-0.2, 0) is 5.41 Å². The van der Waals surface area contributed by atoms with Gasteiger partial charge in [-0.25, -0.2) is 9.97 Å². The van der Waals surface area contributed by atoms with E-state index in [-0.39, 0.29) is 17.2 Å². The van der Waals surface area contributed by atoms with Crippen molar-refractivity contribution in [3.05, 3.63) is 70.5 Å². The molecule has 0 bridgehead atoms. The summed E-state index contributed by atoms with van der Waals surface area (Å²) in [4.78, 5) is 33.7. The molecule has 6 heteroatoms. The van der Waals surface area contributed by atoms with Crippen molar-refractivity contribution in [3.8, 4) is 0 Å². The number of hydrogen-bond acceptors (Lipinski definition) is 4. The van der Waals surface area contributed by atoms with Crippen LogP contribution in [0, 0.1) is 13.8 Å². The fourth-order valence-corrected chi connectivity index (χ4v) is 3.05. The molecule has 156 valence electrons. The summed E-state index contributed by atoms with van der Waals surface area (Å²) in [7, 11) is 0. The maximum absolute atomic E-state index is 12.4. The average Bonchev–Trinajstić information content (AvgIpc) is 2.71. The molecule has 30 heavy (non-hydrogen) atoms. The third kappa shape index (κ3) is 5.00. The molecule has 0 fully saturated rings. The molecule has 0 saturated carbocycles. The minimum atomic E-state index is -0.208. The van der Waals surface area contributed by atoms with Crippen LogP contribution in [0.25, 0.3) is 11.0 Å². The van der Waals surface area contributed by atoms with Crippen LogP contribution < -0.4 is 10.6 Å². The van der Waals surface area contributed by atoms with Gasteiger partial charge in [-0.1, -0.05) is 32.9 Å². The van der Waals surface area contributed by atoms with Crippen LogP contribution in [0.1, 0.15) is 58.4 Å². The first-order valence-corrected chi connectivity index (χ1v) is 10.1. The van der Waals surface area contributed by atoms with Gasteiger partial charge < -0.3 is 10.6 Å². The van der Waals surface area contributed by atoms with Gasteiger partial charge in [-0.15, -0.1) is 0 Å². The van der Waals surface area contributed by atoms with Crippen LogP contribution in [0.15, 0.2) is 42.5 Å². The van der Waals surface area contributed by atoms with E-state index in [2.05, 4.69) is 41.4 Å². The van der Waals surface area contributed by atoms with Crippen LogP contribution in [-0.4, -0.2) is 34.9 Å². The Morgan fingerprint density at radius 1 is 0.767 bits per heavy atom. The molecular weight excluding hydrogens is 376 g/mol. The number of fused-ring (bicyclic) bond motifs is 1. The van der Waals surface area contributed by atoms with Gasteiger partial charge in [0.25, 0.3) is 11.8 Å². The highest BCUT2D eigenvalue weighted by Crippen LogP contribution is 2.22. The molecule has 3 rings (SSSR count). The predicted molar refractivity (Wildman–Crippen MR) is 119 cm³/mol. The van der Waals surface area contributed by atoms with Gasteiger partial charge in [0.2, 0.25) is 0 Å². The van der Waals surface area contributed by atoms with Crippen molar-refractivity contribution in [1.29, 1.82) is 0 Å². The van der Waals surface area contributed by atoms with Crippen molar-refractivity contribution in [2.45, 2.75) is 40.0 Å². The average molecular weight is 405 g/mol. The summed E-state index contributed by atoms with van der Waals surface area (Å²) >= 11 is 0. The van der Waals surface area contributed by atoms with Gasteiger partial charge in [0.05, 0.1) is 22.4 Å². The summed E-state index contributed by atoms with van der Waals surface area (Å²) < 4.78 is 0. The molecule has 0 aliphatic carbocycles. The molecular formula is C24H28N4O2. The lowest BCUT2D eigenvalue weighted by atomic mass is 9.87. The fourth-order valence-electron chi connectivity index (χ4n) is 3.05. The summed E-state index contributed by atoms with van der Waals surface area (Å²) in [5.74, 6) is -0.364. The molecule has 0 radical (unpaired) electrons. The molecule has 2 amide bonds. The topological polar surface area (TPSA) is 84.0 Å². The summed E-state index contributed by atoms with van der Waals surface area (Å²) in [6.07, 6.45) is 0. The van der Waals surface area contributed by atoms with Crippen LogP contribution in [0.4, 0.5) is 0 Å². The Morgan fingerprint density at radius 3 is 1.83 bits per heavy atom. The lowest BCUT2D eigenvalue weighted by Gasteiger charge is -2.19. The number of carbonyl (C=O) groups is 2. The van der Waals surface area contributed by atoms with Crippen molar-refractivity contribution < 1.29 is 9.59 Å². The van der Waals surface area contributed by atoms with E-state index in [1.54, 1.807) is 18.2 Å². The van der Waals surface area contributed by atoms with Crippen LogP contribution in [0.3, 0.4) is 0 Å². The second-order valence-corrected chi connectivity index (χ2v) is 8.44. The van der Waals surface area contributed by atoms with E-state index in [1.807, 2.05) is 38.1 Å². The molecule has 0 atom stereocenters. The molecule has 1 aromatic heterocycles. The number of amides is 2. The van der Waals surface area contributed by atoms with Crippen LogP contribution in [0.2, 0.25) is 0 Å². The number of aromatic nitrogens is 2. The molecule has 2 N–H and O–H groups in total. The summed E-state index contributed by atoms with van der Waals surface area (Å²) in [6.45, 7) is 10.9. The molecule has 1 heterocycles. The Bertz CT molecular complexity index is 1080. The Morgan fingerprint density at radius 2 is 1.27 bits per heavy atom. The van der Waals surface area contributed by atoms with E-state index in [4.69, 9.17) is 0 Å². The number of benzene rings is 2. The fraction of sp³-hybridized carbons (Fsp3) is 0.333. The number of aryl methyl sites for hydroxylation is 2. The normalized spacial score (nSPS) is 11.4. The zero-order valence-corrected chi connectivity index (χ0v) is 18.2. The molecule has 2 aromatic carbocycles. The van der Waals surface area contributed by atoms with Crippen molar-refractivity contribution in [3.63, 3.8) is 0 Å². The van der Waals surface area contributed by atoms with Crippen molar-refractivity contribution in [2.75, 3.05) is 13.1 Å². The smallest absolute Gasteiger partial charge is 0.251 e. The minimum Gasteiger partial charge on any atom is -0.350 e. The first-order chi connectivity index (χ1) is 14.1. The van der Waals surface area contributed by atoms with Gasteiger partial charge in [-0.2, -0.15) is 0 Å². The highest BCUT2D eigenvalue weighted by atomic mass is 16.2. The molecule has 0 spiro atoms. The lowest BCUT2D eigenvalue weighted by molar-refractivity contribution is 0.0927. The second-order valence-electron chi connectivity index (χ2n) is 8.44. The molecule has 0 aliphatic heterocycles. The van der Waals surface area contributed by atoms with Crippen LogP contribution in [0.5, 0.6) is 0 Å². The molecule has 0 aliphatic rings. The maximum atomic E-state index is 12.4. The van der Waals surface area contributed by atoms with Crippen LogP contribution >= 0.6 is 0 Å². The zero-order valence-electron chi connectivity index (χ0n) is 18.2. The van der Waals surface area contributed by atoms with E-state index in [9.17, 15) is 9.59 Å². The van der Waals surface area contributed by atoms with Gasteiger partial charge in [-0.05, 0) is 55.2 Å². The quantitative estimate of drug-likeness (QED) is 0.635. The van der Waals surface area contributed by atoms with E-state index >= 15 is 0 Å². The number of nitrogens with zero attached hydrogens (tertiary/aromatic N) is 2. The van der Waals surface area contributed by atoms with E-state index in [1.165, 1.54) is 5.56 Å². The van der Waals surface area contributed by atoms with Gasteiger partial charge in [0, 0.05) is 24.2 Å². The number of nitrogens with one attached hydrogen (secondary N) is 2. The third-order valence-corrected chi connectivity index (χ3v) is 5.05. The Labute approximate surface area is 177 Å². The Balaban J connectivity index is 1.52. The minimum absolute atomic E-state index is 0.0468. The highest BCUT2D eigenvalue weighted by Gasteiger charge is 2.14. The van der Waals surface area contributed by atoms with Gasteiger partial charge in [-0.3, -0.25) is 9.59 Å². The third-order valence-electron chi connectivity index (χ3n) is 5.05. The Kier molecular flexibility index (Phi) is 6.15. The van der Waals surface area contributed by atoms with Gasteiger partial charge >= 0.3 is 0 Å². The largest absolute Gasteiger partial charge is 0.350 e. The van der Waals surface area contributed by atoms with Gasteiger partial charge in [0.1, 0.15) is 0 Å². The molecule has 0 saturated heterocycles. The van der Waals surface area contributed by atoms with Crippen molar-refractivity contribution >= 4 is 22.8 Å². The van der Waals surface area contributed by atoms with E-state index < -0.39 is 0 Å². The first kappa shape index (κ1) is 21.4. The predicted octanol–water partition coefficient (Wildman–Crippen LogP) is 3.70. The van der Waals surface area contributed by atoms with E-state index in [0.29, 0.717) is 29.7 Å². The Hall–Kier alpha value is -3.28. The zero-order chi connectivity index (χ0) is 21.9. The first-order valence-electron chi connectivity index (χ1n) is 10.1. The number of carbonyl (C=O) groups excluding carboxylic acids is 2. The summed E-state index contributed by atoms with van der Waals surface area (Å²) in [5, 5.41) is 5.65. The summed E-state index contributed by atoms with van der Waals surface area (Å²) in [6, 6.07) is 12.9. The molecule has 6 nitrogen and oxygen atoms in total. The van der Waals surface area contributed by atoms with Crippen molar-refractivity contribution in [2.24, 2.45) is 0 Å². The SMILES string of the molecule is Cc1nc2ccc(C(=O)NCCNC(=O)c3ccc(C(C)(C)C)cc3)cc2nc1C. The summed E-state index contributed by atoms with van der Waals surface area (Å²) in [5.41, 5.74) is 5.53. The second kappa shape index (κ2) is 8.61. The standard InChI is InChI=1S/C24H28N4O2/c1-15-16(2)28-21-14-18(8-11-20(21)27-15)23(30)26-13-12-25-22(29)17-6-9-19(10-7-17)24(3,4)5/h6-11,14H,12-13H2,1-5H3,(H,25,29)(H,26,30). The molecule has 3 aromatic rings. The number of rotatable bonds is 5. The maximum Gasteiger partial charge on any atom is 0.251 e.